The van der Waals surface area contributed by atoms with Gasteiger partial charge in [0.25, 0.3) is 0 Å². The number of nitrogens with one attached hydrogen (secondary N) is 1. The van der Waals surface area contributed by atoms with Crippen molar-refractivity contribution >= 4 is 34.3 Å². The molecule has 3 amide bonds. The summed E-state index contributed by atoms with van der Waals surface area (Å²) in [4.78, 5) is 28.0. The Hall–Kier alpha value is -3.28. The predicted octanol–water partition coefficient (Wildman–Crippen LogP) is 4.79. The lowest BCUT2D eigenvalue weighted by Crippen LogP contribution is -2.31. The number of urea groups is 1. The van der Waals surface area contributed by atoms with Crippen LogP contribution >= 0.6 is 0 Å². The van der Waals surface area contributed by atoms with Gasteiger partial charge in [-0.3, -0.25) is 4.79 Å². The third-order valence-electron chi connectivity index (χ3n) is 5.35. The van der Waals surface area contributed by atoms with Crippen molar-refractivity contribution in [1.82, 2.24) is 4.90 Å². The molecular formula is C23H25N3O3. The zero-order valence-corrected chi connectivity index (χ0v) is 16.8. The monoisotopic (exact) mass is 391 g/mol. The molecule has 0 spiro atoms. The summed E-state index contributed by atoms with van der Waals surface area (Å²) in [5.74, 6) is 1.06. The van der Waals surface area contributed by atoms with Crippen LogP contribution < -0.4 is 10.2 Å². The molecule has 1 aromatic heterocycles. The topological polar surface area (TPSA) is 65.8 Å². The van der Waals surface area contributed by atoms with Crippen LogP contribution in [0, 0.1) is 0 Å². The van der Waals surface area contributed by atoms with Gasteiger partial charge in [-0.05, 0) is 36.8 Å². The molecule has 1 aliphatic heterocycles. The number of amides is 3. The van der Waals surface area contributed by atoms with Gasteiger partial charge >= 0.3 is 6.03 Å². The number of para-hydroxylation sites is 1. The zero-order valence-electron chi connectivity index (χ0n) is 16.8. The lowest BCUT2D eigenvalue weighted by molar-refractivity contribution is -0.117. The standard InChI is InChI=1S/C23H25N3O3/c1-3-20-19(18-7-4-5-8-21(18)29-20)15-25(2)23(28)24-16-10-12-17(13-11-16)26-14-6-9-22(26)27/h4-5,7-8,10-13H,3,6,9,14-15H2,1-2H3,(H,24,28). The minimum absolute atomic E-state index is 0.153. The summed E-state index contributed by atoms with van der Waals surface area (Å²) < 4.78 is 5.93. The van der Waals surface area contributed by atoms with Crippen LogP contribution in [0.4, 0.5) is 16.2 Å². The quantitative estimate of drug-likeness (QED) is 0.680. The van der Waals surface area contributed by atoms with Gasteiger partial charge in [-0.15, -0.1) is 0 Å². The van der Waals surface area contributed by atoms with Crippen molar-refractivity contribution in [2.24, 2.45) is 0 Å². The lowest BCUT2D eigenvalue weighted by atomic mass is 10.1. The Morgan fingerprint density at radius 3 is 2.62 bits per heavy atom. The van der Waals surface area contributed by atoms with Crippen LogP contribution in [0.15, 0.2) is 52.9 Å². The van der Waals surface area contributed by atoms with Crippen LogP contribution in [0.2, 0.25) is 0 Å². The van der Waals surface area contributed by atoms with Crippen LogP contribution in [-0.4, -0.2) is 30.4 Å². The molecule has 29 heavy (non-hydrogen) atoms. The molecule has 0 unspecified atom stereocenters. The lowest BCUT2D eigenvalue weighted by Gasteiger charge is -2.19. The van der Waals surface area contributed by atoms with E-state index in [9.17, 15) is 9.59 Å². The maximum Gasteiger partial charge on any atom is 0.321 e. The molecule has 0 saturated carbocycles. The first-order valence-corrected chi connectivity index (χ1v) is 9.98. The van der Waals surface area contributed by atoms with Crippen molar-refractivity contribution in [3.63, 3.8) is 0 Å². The van der Waals surface area contributed by atoms with Crippen molar-refractivity contribution in [2.45, 2.75) is 32.7 Å². The molecule has 0 atom stereocenters. The Morgan fingerprint density at radius 1 is 1.17 bits per heavy atom. The van der Waals surface area contributed by atoms with E-state index in [1.807, 2.05) is 55.5 Å². The molecule has 1 N–H and O–H groups in total. The molecule has 150 valence electrons. The van der Waals surface area contributed by atoms with E-state index in [0.29, 0.717) is 18.7 Å². The van der Waals surface area contributed by atoms with Gasteiger partial charge in [0, 0.05) is 48.8 Å². The minimum Gasteiger partial charge on any atom is -0.461 e. The molecule has 3 aromatic rings. The van der Waals surface area contributed by atoms with Crippen LogP contribution in [0.5, 0.6) is 0 Å². The van der Waals surface area contributed by atoms with Gasteiger partial charge in [0.2, 0.25) is 5.91 Å². The Kier molecular flexibility index (Phi) is 5.25. The molecule has 0 radical (unpaired) electrons. The second-order valence-corrected chi connectivity index (χ2v) is 7.34. The van der Waals surface area contributed by atoms with Crippen LogP contribution in [0.25, 0.3) is 11.0 Å². The fourth-order valence-corrected chi connectivity index (χ4v) is 3.78. The number of benzene rings is 2. The van der Waals surface area contributed by atoms with Crippen molar-refractivity contribution in [2.75, 3.05) is 23.8 Å². The first-order valence-electron chi connectivity index (χ1n) is 9.98. The summed E-state index contributed by atoms with van der Waals surface area (Å²) in [7, 11) is 1.77. The van der Waals surface area contributed by atoms with Crippen LogP contribution in [-0.2, 0) is 17.8 Å². The Labute approximate surface area is 170 Å². The summed E-state index contributed by atoms with van der Waals surface area (Å²) in [5, 5.41) is 3.97. The molecular weight excluding hydrogens is 366 g/mol. The number of carbonyl (C=O) groups excluding carboxylic acids is 2. The molecule has 2 aromatic carbocycles. The van der Waals surface area contributed by atoms with Gasteiger partial charge < -0.3 is 19.5 Å². The highest BCUT2D eigenvalue weighted by Gasteiger charge is 2.22. The van der Waals surface area contributed by atoms with E-state index < -0.39 is 0 Å². The highest BCUT2D eigenvalue weighted by Crippen LogP contribution is 2.28. The minimum atomic E-state index is -0.192. The van der Waals surface area contributed by atoms with Gasteiger partial charge in [0.15, 0.2) is 0 Å². The Bertz CT molecular complexity index is 1040. The van der Waals surface area contributed by atoms with Crippen LogP contribution in [0.1, 0.15) is 31.1 Å². The molecule has 1 saturated heterocycles. The van der Waals surface area contributed by atoms with E-state index >= 15 is 0 Å². The van der Waals surface area contributed by atoms with Crippen LogP contribution in [0.3, 0.4) is 0 Å². The second-order valence-electron chi connectivity index (χ2n) is 7.34. The second kappa shape index (κ2) is 7.99. The predicted molar refractivity (Wildman–Crippen MR) is 114 cm³/mol. The Morgan fingerprint density at radius 2 is 1.93 bits per heavy atom. The SMILES string of the molecule is CCc1oc2ccccc2c1CN(C)C(=O)Nc1ccc(N2CCCC2=O)cc1. The number of hydrogen-bond acceptors (Lipinski definition) is 3. The molecule has 0 bridgehead atoms. The Balaban J connectivity index is 1.44. The average Bonchev–Trinajstić information content (AvgIpc) is 3.32. The maximum absolute atomic E-state index is 12.7. The van der Waals surface area contributed by atoms with Gasteiger partial charge in [0.05, 0.1) is 6.54 Å². The van der Waals surface area contributed by atoms with Gasteiger partial charge in [0.1, 0.15) is 11.3 Å². The van der Waals surface area contributed by atoms with Crippen molar-refractivity contribution < 1.29 is 14.0 Å². The van der Waals surface area contributed by atoms with Crippen molar-refractivity contribution in [1.29, 1.82) is 0 Å². The van der Waals surface area contributed by atoms with E-state index in [1.54, 1.807) is 16.8 Å². The number of rotatable bonds is 5. The molecule has 1 aliphatic rings. The first-order chi connectivity index (χ1) is 14.1. The number of aryl methyl sites for hydroxylation is 1. The van der Waals surface area contributed by atoms with Gasteiger partial charge in [-0.1, -0.05) is 25.1 Å². The largest absolute Gasteiger partial charge is 0.461 e. The zero-order chi connectivity index (χ0) is 20.4. The van der Waals surface area contributed by atoms with Gasteiger partial charge in [-0.25, -0.2) is 4.79 Å². The highest BCUT2D eigenvalue weighted by molar-refractivity contribution is 5.96. The molecule has 6 nitrogen and oxygen atoms in total. The third-order valence-corrected chi connectivity index (χ3v) is 5.35. The summed E-state index contributed by atoms with van der Waals surface area (Å²) in [6, 6.07) is 15.1. The third kappa shape index (κ3) is 3.83. The van der Waals surface area contributed by atoms with Crippen molar-refractivity contribution in [3.8, 4) is 0 Å². The number of furan rings is 1. The number of nitrogens with zero attached hydrogens (tertiary/aromatic N) is 2. The number of anilines is 2. The molecule has 4 rings (SSSR count). The first kappa shape index (κ1) is 19.1. The highest BCUT2D eigenvalue weighted by atomic mass is 16.3. The van der Waals surface area contributed by atoms with E-state index in [2.05, 4.69) is 5.32 Å². The van der Waals surface area contributed by atoms with E-state index in [4.69, 9.17) is 4.42 Å². The average molecular weight is 391 g/mol. The molecule has 6 heteroatoms. The summed E-state index contributed by atoms with van der Waals surface area (Å²) >= 11 is 0. The fourth-order valence-electron chi connectivity index (χ4n) is 3.78. The number of carbonyl (C=O) groups is 2. The molecule has 0 aliphatic carbocycles. The summed E-state index contributed by atoms with van der Waals surface area (Å²) in [6.07, 6.45) is 2.27. The van der Waals surface area contributed by atoms with Gasteiger partial charge in [-0.2, -0.15) is 0 Å². The fraction of sp³-hybridized carbons (Fsp3) is 0.304. The smallest absolute Gasteiger partial charge is 0.321 e. The van der Waals surface area contributed by atoms with Crippen molar-refractivity contribution in [3.05, 3.63) is 59.9 Å². The number of fused-ring (bicyclic) bond motifs is 1. The van der Waals surface area contributed by atoms with E-state index in [0.717, 1.165) is 47.4 Å². The van der Waals surface area contributed by atoms with E-state index in [-0.39, 0.29) is 11.9 Å². The maximum atomic E-state index is 12.7. The summed E-state index contributed by atoms with van der Waals surface area (Å²) in [5.41, 5.74) is 3.46. The normalized spacial score (nSPS) is 13.9. The number of hydrogen-bond donors (Lipinski definition) is 1. The summed E-state index contributed by atoms with van der Waals surface area (Å²) in [6.45, 7) is 3.27. The molecule has 2 heterocycles. The van der Waals surface area contributed by atoms with E-state index in [1.165, 1.54) is 0 Å². The molecule has 1 fully saturated rings.